The smallest absolute Gasteiger partial charge is 0.290 e. The molecule has 3 rings (SSSR count). The van der Waals surface area contributed by atoms with Gasteiger partial charge in [0.15, 0.2) is 0 Å². The van der Waals surface area contributed by atoms with E-state index in [4.69, 9.17) is 34.8 Å². The molecule has 8 heteroatoms. The molecular formula is C16H11Cl3N4O. The number of carbonyl (C=O) groups excluding carboxylic acids is 1. The second kappa shape index (κ2) is 6.81. The van der Waals surface area contributed by atoms with Gasteiger partial charge >= 0.3 is 0 Å². The lowest BCUT2D eigenvalue weighted by Crippen LogP contribution is -2.20. The number of nitrogens with one attached hydrogen (secondary N) is 1. The Balaban J connectivity index is 1.84. The van der Waals surface area contributed by atoms with Crippen molar-refractivity contribution in [2.24, 2.45) is 5.10 Å². The Bertz CT molecular complexity index is 965. The molecule has 24 heavy (non-hydrogen) atoms. The van der Waals surface area contributed by atoms with Crippen molar-refractivity contribution in [3.05, 3.63) is 68.5 Å². The largest absolute Gasteiger partial charge is 0.294 e. The summed E-state index contributed by atoms with van der Waals surface area (Å²) in [4.78, 5) is 16.7. The lowest BCUT2D eigenvalue weighted by atomic mass is 10.2. The van der Waals surface area contributed by atoms with Crippen LogP contribution in [0.2, 0.25) is 15.1 Å². The number of amides is 1. The third-order valence-electron chi connectivity index (χ3n) is 3.30. The number of hydrogen-bond acceptors (Lipinski definition) is 3. The van der Waals surface area contributed by atoms with Crippen molar-refractivity contribution in [3.8, 4) is 0 Å². The molecule has 0 bridgehead atoms. The standard InChI is InChI=1S/C16H11Cl3N4O/c1-9-15(23-8-12(18)4-5-14(23)21-9)16(24)22-20-7-10-2-3-11(17)6-13(10)19/h2-8H,1H3,(H,22,24)/b20-7+. The topological polar surface area (TPSA) is 58.8 Å². The Hall–Kier alpha value is -2.08. The Labute approximate surface area is 152 Å². The van der Waals surface area contributed by atoms with Crippen molar-refractivity contribution in [2.45, 2.75) is 6.92 Å². The first-order valence-corrected chi connectivity index (χ1v) is 8.02. The highest BCUT2D eigenvalue weighted by atomic mass is 35.5. The average Bonchev–Trinajstić information content (AvgIpc) is 2.84. The Morgan fingerprint density at radius 1 is 1.21 bits per heavy atom. The van der Waals surface area contributed by atoms with Crippen LogP contribution in [0.25, 0.3) is 5.65 Å². The minimum absolute atomic E-state index is 0.367. The molecule has 122 valence electrons. The number of hydrogen-bond donors (Lipinski definition) is 1. The Morgan fingerprint density at radius 3 is 2.71 bits per heavy atom. The SMILES string of the molecule is Cc1nc2ccc(Cl)cn2c1C(=O)N/N=C/c1ccc(Cl)cc1Cl. The summed E-state index contributed by atoms with van der Waals surface area (Å²) < 4.78 is 1.62. The molecule has 1 N–H and O–H groups in total. The molecule has 3 aromatic rings. The van der Waals surface area contributed by atoms with Crippen LogP contribution in [0.4, 0.5) is 0 Å². The maximum absolute atomic E-state index is 12.4. The van der Waals surface area contributed by atoms with E-state index >= 15 is 0 Å². The number of carbonyl (C=O) groups is 1. The van der Waals surface area contributed by atoms with Gasteiger partial charge in [-0.05, 0) is 31.2 Å². The molecule has 0 spiro atoms. The molecule has 0 aliphatic heterocycles. The minimum atomic E-state index is -0.399. The summed E-state index contributed by atoms with van der Waals surface area (Å²) in [7, 11) is 0. The monoisotopic (exact) mass is 380 g/mol. The molecule has 0 unspecified atom stereocenters. The van der Waals surface area contributed by atoms with Crippen LogP contribution in [-0.4, -0.2) is 21.5 Å². The van der Waals surface area contributed by atoms with Crippen molar-refractivity contribution in [1.29, 1.82) is 0 Å². The maximum atomic E-state index is 12.4. The van der Waals surface area contributed by atoms with Gasteiger partial charge in [-0.2, -0.15) is 5.10 Å². The van der Waals surface area contributed by atoms with E-state index in [1.165, 1.54) is 6.21 Å². The number of imidazole rings is 1. The molecule has 2 heterocycles. The van der Waals surface area contributed by atoms with E-state index in [1.54, 1.807) is 47.9 Å². The van der Waals surface area contributed by atoms with E-state index in [2.05, 4.69) is 15.5 Å². The average molecular weight is 382 g/mol. The van der Waals surface area contributed by atoms with Gasteiger partial charge in [-0.1, -0.05) is 40.9 Å². The molecule has 0 atom stereocenters. The number of pyridine rings is 1. The summed E-state index contributed by atoms with van der Waals surface area (Å²) in [5.41, 5.74) is 4.68. The van der Waals surface area contributed by atoms with Crippen LogP contribution in [0, 0.1) is 6.92 Å². The summed E-state index contributed by atoms with van der Waals surface area (Å²) in [5.74, 6) is -0.399. The van der Waals surface area contributed by atoms with E-state index in [0.29, 0.717) is 37.7 Å². The molecule has 0 radical (unpaired) electrons. The van der Waals surface area contributed by atoms with Crippen LogP contribution < -0.4 is 5.43 Å². The number of benzene rings is 1. The summed E-state index contributed by atoms with van der Waals surface area (Å²) in [5, 5.41) is 5.41. The number of aromatic nitrogens is 2. The number of aryl methyl sites for hydroxylation is 1. The molecule has 0 saturated heterocycles. The van der Waals surface area contributed by atoms with Crippen LogP contribution in [0.5, 0.6) is 0 Å². The predicted octanol–water partition coefficient (Wildman–Crippen LogP) is 4.37. The zero-order valence-corrected chi connectivity index (χ0v) is 14.7. The van der Waals surface area contributed by atoms with Crippen molar-refractivity contribution < 1.29 is 4.79 Å². The van der Waals surface area contributed by atoms with E-state index in [0.717, 1.165) is 0 Å². The molecule has 1 aromatic carbocycles. The fraction of sp³-hybridized carbons (Fsp3) is 0.0625. The van der Waals surface area contributed by atoms with Crippen molar-refractivity contribution in [1.82, 2.24) is 14.8 Å². The van der Waals surface area contributed by atoms with Gasteiger partial charge in [0.1, 0.15) is 11.3 Å². The number of hydrazone groups is 1. The summed E-state index contributed by atoms with van der Waals surface area (Å²) in [6.07, 6.45) is 3.08. The second-order valence-electron chi connectivity index (χ2n) is 4.99. The Morgan fingerprint density at radius 2 is 1.96 bits per heavy atom. The first kappa shape index (κ1) is 16.8. The highest BCUT2D eigenvalue weighted by Crippen LogP contribution is 2.19. The van der Waals surface area contributed by atoms with Gasteiger partial charge in [0.2, 0.25) is 0 Å². The summed E-state index contributed by atoms with van der Waals surface area (Å²) in [6, 6.07) is 8.45. The number of rotatable bonds is 3. The zero-order chi connectivity index (χ0) is 17.3. The predicted molar refractivity (Wildman–Crippen MR) is 96.5 cm³/mol. The molecular weight excluding hydrogens is 371 g/mol. The van der Waals surface area contributed by atoms with Crippen LogP contribution >= 0.6 is 34.8 Å². The lowest BCUT2D eigenvalue weighted by Gasteiger charge is -2.02. The quantitative estimate of drug-likeness (QED) is 0.541. The van der Waals surface area contributed by atoms with Gasteiger partial charge in [0.05, 0.1) is 22.0 Å². The molecule has 2 aromatic heterocycles. The highest BCUT2D eigenvalue weighted by Gasteiger charge is 2.16. The maximum Gasteiger partial charge on any atom is 0.290 e. The zero-order valence-electron chi connectivity index (χ0n) is 12.4. The van der Waals surface area contributed by atoms with Gasteiger partial charge in [0, 0.05) is 16.8 Å². The van der Waals surface area contributed by atoms with Crippen LogP contribution in [0.3, 0.4) is 0 Å². The van der Waals surface area contributed by atoms with E-state index in [1.807, 2.05) is 0 Å². The summed E-state index contributed by atoms with van der Waals surface area (Å²) in [6.45, 7) is 1.75. The van der Waals surface area contributed by atoms with Gasteiger partial charge in [-0.3, -0.25) is 9.20 Å². The normalized spacial score (nSPS) is 11.3. The fourth-order valence-electron chi connectivity index (χ4n) is 2.23. The van der Waals surface area contributed by atoms with Gasteiger partial charge in [-0.25, -0.2) is 10.4 Å². The summed E-state index contributed by atoms with van der Waals surface area (Å²) >= 11 is 17.9. The molecule has 0 aliphatic rings. The Kier molecular flexibility index (Phi) is 4.76. The van der Waals surface area contributed by atoms with Gasteiger partial charge < -0.3 is 0 Å². The molecule has 5 nitrogen and oxygen atoms in total. The van der Waals surface area contributed by atoms with Crippen molar-refractivity contribution >= 4 is 52.6 Å². The third kappa shape index (κ3) is 3.38. The first-order chi connectivity index (χ1) is 11.5. The van der Waals surface area contributed by atoms with Crippen LogP contribution in [0.15, 0.2) is 41.6 Å². The minimum Gasteiger partial charge on any atom is -0.294 e. The van der Waals surface area contributed by atoms with Crippen LogP contribution in [-0.2, 0) is 0 Å². The number of fused-ring (bicyclic) bond motifs is 1. The van der Waals surface area contributed by atoms with Gasteiger partial charge in [-0.15, -0.1) is 0 Å². The van der Waals surface area contributed by atoms with E-state index in [9.17, 15) is 4.79 Å². The lowest BCUT2D eigenvalue weighted by molar-refractivity contribution is 0.0948. The highest BCUT2D eigenvalue weighted by molar-refractivity contribution is 6.36. The van der Waals surface area contributed by atoms with Gasteiger partial charge in [0.25, 0.3) is 5.91 Å². The molecule has 1 amide bonds. The number of nitrogens with zero attached hydrogens (tertiary/aromatic N) is 3. The van der Waals surface area contributed by atoms with E-state index < -0.39 is 5.91 Å². The molecule has 0 aliphatic carbocycles. The first-order valence-electron chi connectivity index (χ1n) is 6.88. The number of halogens is 3. The molecule has 0 fully saturated rings. The second-order valence-corrected chi connectivity index (χ2v) is 6.27. The van der Waals surface area contributed by atoms with Crippen LogP contribution in [0.1, 0.15) is 21.7 Å². The fourth-order valence-corrected chi connectivity index (χ4v) is 2.85. The van der Waals surface area contributed by atoms with Crippen molar-refractivity contribution in [3.63, 3.8) is 0 Å². The van der Waals surface area contributed by atoms with Crippen molar-refractivity contribution in [2.75, 3.05) is 0 Å². The molecule has 0 saturated carbocycles. The third-order valence-corrected chi connectivity index (χ3v) is 4.09. The van der Waals surface area contributed by atoms with E-state index in [-0.39, 0.29) is 0 Å².